The Labute approximate surface area is 216 Å². The first-order valence-corrected chi connectivity index (χ1v) is 13.0. The van der Waals surface area contributed by atoms with Gasteiger partial charge < -0.3 is 19.9 Å². The Kier molecular flexibility index (Phi) is 12.1. The van der Waals surface area contributed by atoms with Gasteiger partial charge in [0.25, 0.3) is 5.91 Å². The third-order valence-electron chi connectivity index (χ3n) is 6.06. The molecule has 2 aliphatic heterocycles. The Bertz CT molecular complexity index is 861. The topological polar surface area (TPSA) is 82.2 Å². The summed E-state index contributed by atoms with van der Waals surface area (Å²) in [5.41, 5.74) is 1.18. The van der Waals surface area contributed by atoms with Crippen molar-refractivity contribution in [3.8, 4) is 0 Å². The van der Waals surface area contributed by atoms with Gasteiger partial charge in [0.15, 0.2) is 0 Å². The molecule has 0 radical (unpaired) electrons. The Morgan fingerprint density at radius 2 is 1.72 bits per heavy atom. The van der Waals surface area contributed by atoms with Gasteiger partial charge in [0.1, 0.15) is 5.60 Å². The molecule has 1 N–H and O–H groups in total. The van der Waals surface area contributed by atoms with E-state index < -0.39 is 5.60 Å². The van der Waals surface area contributed by atoms with Crippen molar-refractivity contribution >= 4 is 17.9 Å². The molecule has 2 rings (SSSR count). The van der Waals surface area contributed by atoms with Crippen molar-refractivity contribution in [3.63, 3.8) is 0 Å². The van der Waals surface area contributed by atoms with Crippen LogP contribution in [0.2, 0.25) is 0 Å². The fourth-order valence-electron chi connectivity index (χ4n) is 4.23. The van der Waals surface area contributed by atoms with Crippen LogP contribution in [0.1, 0.15) is 53.4 Å². The fraction of sp³-hybridized carbons (Fsp3) is 0.607. The molecule has 0 unspecified atom stereocenters. The van der Waals surface area contributed by atoms with Gasteiger partial charge in [0.2, 0.25) is 5.91 Å². The largest absolute Gasteiger partial charge is 0.444 e. The summed E-state index contributed by atoms with van der Waals surface area (Å²) in [6.07, 6.45) is 11.0. The minimum Gasteiger partial charge on any atom is -0.444 e. The maximum atomic E-state index is 13.2. The van der Waals surface area contributed by atoms with Gasteiger partial charge in [0, 0.05) is 51.3 Å². The van der Waals surface area contributed by atoms with Crippen LogP contribution in [0.5, 0.6) is 0 Å². The van der Waals surface area contributed by atoms with E-state index in [1.165, 1.54) is 4.90 Å². The van der Waals surface area contributed by atoms with Crippen LogP contribution >= 0.6 is 0 Å². The zero-order valence-corrected chi connectivity index (χ0v) is 22.6. The van der Waals surface area contributed by atoms with Gasteiger partial charge >= 0.3 is 6.09 Å². The summed E-state index contributed by atoms with van der Waals surface area (Å²) in [5, 5.41) is 2.81. The SMILES string of the molecule is C=C/C=C1\C/C(C)=C\C=C/CC(=O)N(CCCN2CCN(CCCNC(=O)OC(C)(C)C)CC2)C1=O. The molecule has 0 saturated carbocycles. The molecule has 36 heavy (non-hydrogen) atoms. The summed E-state index contributed by atoms with van der Waals surface area (Å²) in [6, 6.07) is 0. The van der Waals surface area contributed by atoms with Gasteiger partial charge in [-0.05, 0) is 60.0 Å². The Morgan fingerprint density at radius 1 is 1.08 bits per heavy atom. The van der Waals surface area contributed by atoms with Gasteiger partial charge in [-0.15, -0.1) is 0 Å². The predicted molar refractivity (Wildman–Crippen MR) is 143 cm³/mol. The molecule has 2 heterocycles. The van der Waals surface area contributed by atoms with Crippen LogP contribution in [-0.2, 0) is 14.3 Å². The van der Waals surface area contributed by atoms with E-state index in [-0.39, 0.29) is 24.3 Å². The lowest BCUT2D eigenvalue weighted by molar-refractivity contribution is -0.142. The average molecular weight is 501 g/mol. The lowest BCUT2D eigenvalue weighted by Crippen LogP contribution is -2.48. The number of carbonyl (C=O) groups excluding carboxylic acids is 3. The maximum absolute atomic E-state index is 13.2. The summed E-state index contributed by atoms with van der Waals surface area (Å²) in [7, 11) is 0. The lowest BCUT2D eigenvalue weighted by atomic mass is 10.0. The Hall–Kier alpha value is -2.71. The normalized spacial score (nSPS) is 22.2. The zero-order valence-electron chi connectivity index (χ0n) is 22.6. The van der Waals surface area contributed by atoms with Crippen LogP contribution in [0.15, 0.2) is 48.1 Å². The lowest BCUT2D eigenvalue weighted by Gasteiger charge is -2.35. The maximum Gasteiger partial charge on any atom is 0.407 e. The van der Waals surface area contributed by atoms with Crippen LogP contribution in [0.3, 0.4) is 0 Å². The first-order chi connectivity index (χ1) is 17.1. The number of amides is 3. The number of alkyl carbamates (subject to hydrolysis) is 1. The second-order valence-corrected chi connectivity index (χ2v) is 10.4. The highest BCUT2D eigenvalue weighted by Gasteiger charge is 2.25. The van der Waals surface area contributed by atoms with Crippen LogP contribution in [0, 0.1) is 0 Å². The zero-order chi connectivity index (χ0) is 26.6. The van der Waals surface area contributed by atoms with Gasteiger partial charge in [-0.3, -0.25) is 14.5 Å². The number of allylic oxidation sites excluding steroid dienone is 5. The van der Waals surface area contributed by atoms with Crippen molar-refractivity contribution < 1.29 is 19.1 Å². The van der Waals surface area contributed by atoms with E-state index in [4.69, 9.17) is 4.74 Å². The molecule has 0 spiro atoms. The molecule has 8 nitrogen and oxygen atoms in total. The highest BCUT2D eigenvalue weighted by atomic mass is 16.6. The first kappa shape index (κ1) is 29.5. The monoisotopic (exact) mass is 500 g/mol. The Balaban J connectivity index is 1.74. The number of piperazine rings is 1. The molecule has 0 bridgehead atoms. The highest BCUT2D eigenvalue weighted by Crippen LogP contribution is 2.17. The van der Waals surface area contributed by atoms with Crippen LogP contribution in [0.25, 0.3) is 0 Å². The molecule has 0 aromatic heterocycles. The van der Waals surface area contributed by atoms with Gasteiger partial charge in [0.05, 0.1) is 0 Å². The van der Waals surface area contributed by atoms with Crippen molar-refractivity contribution in [2.45, 2.75) is 59.0 Å². The van der Waals surface area contributed by atoms with Crippen LogP contribution in [0.4, 0.5) is 4.79 Å². The van der Waals surface area contributed by atoms with E-state index >= 15 is 0 Å². The number of rotatable bonds is 9. The van der Waals surface area contributed by atoms with Crippen LogP contribution in [-0.4, -0.2) is 90.6 Å². The smallest absolute Gasteiger partial charge is 0.407 e. The predicted octanol–water partition coefficient (Wildman–Crippen LogP) is 3.67. The van der Waals surface area contributed by atoms with Gasteiger partial charge in [-0.1, -0.05) is 42.5 Å². The second kappa shape index (κ2) is 14.8. The minimum atomic E-state index is -0.482. The number of nitrogens with zero attached hydrogens (tertiary/aromatic N) is 3. The molecule has 1 fully saturated rings. The van der Waals surface area contributed by atoms with E-state index in [9.17, 15) is 14.4 Å². The number of imide groups is 1. The van der Waals surface area contributed by atoms with E-state index in [2.05, 4.69) is 21.7 Å². The molecular formula is C28H44N4O4. The van der Waals surface area contributed by atoms with E-state index in [0.29, 0.717) is 25.1 Å². The van der Waals surface area contributed by atoms with E-state index in [0.717, 1.165) is 57.7 Å². The van der Waals surface area contributed by atoms with Gasteiger partial charge in [-0.2, -0.15) is 0 Å². The van der Waals surface area contributed by atoms with Crippen molar-refractivity contribution in [3.05, 3.63) is 48.1 Å². The van der Waals surface area contributed by atoms with Crippen LogP contribution < -0.4 is 5.32 Å². The first-order valence-electron chi connectivity index (χ1n) is 13.0. The molecule has 2 aliphatic rings. The third-order valence-corrected chi connectivity index (χ3v) is 6.06. The number of ether oxygens (including phenoxy) is 1. The van der Waals surface area contributed by atoms with Gasteiger partial charge in [-0.25, -0.2) is 4.79 Å². The van der Waals surface area contributed by atoms with Crippen molar-refractivity contribution in [1.29, 1.82) is 0 Å². The second-order valence-electron chi connectivity index (χ2n) is 10.4. The molecule has 3 amide bonds. The van der Waals surface area contributed by atoms with E-state index in [1.807, 2.05) is 45.9 Å². The summed E-state index contributed by atoms with van der Waals surface area (Å²) in [4.78, 5) is 43.8. The molecule has 200 valence electrons. The summed E-state index contributed by atoms with van der Waals surface area (Å²) >= 11 is 0. The summed E-state index contributed by atoms with van der Waals surface area (Å²) < 4.78 is 5.26. The molecule has 8 heteroatoms. The Morgan fingerprint density at radius 3 is 2.33 bits per heavy atom. The number of hydrogen-bond donors (Lipinski definition) is 1. The minimum absolute atomic E-state index is 0.163. The molecule has 0 aliphatic carbocycles. The average Bonchev–Trinajstić information content (AvgIpc) is 2.81. The standard InChI is InChI=1S/C28H44N4O4/c1-6-11-24-22-23(2)12-7-8-13-25(33)32(26(24)34)17-10-16-31-20-18-30(19-21-31)15-9-14-29-27(35)36-28(3,4)5/h6-8,11-12H,1,9-10,13-22H2,2-5H3,(H,29,35)/b8-7-,23-12-,24-11+. The molecule has 0 atom stereocenters. The number of carbonyl (C=O) groups is 3. The third kappa shape index (κ3) is 10.9. The highest BCUT2D eigenvalue weighted by molar-refractivity contribution is 6.05. The molecular weight excluding hydrogens is 456 g/mol. The van der Waals surface area contributed by atoms with E-state index in [1.54, 1.807) is 12.2 Å². The molecule has 0 aromatic rings. The quantitative estimate of drug-likeness (QED) is 0.296. The van der Waals surface area contributed by atoms with Crippen molar-refractivity contribution in [1.82, 2.24) is 20.0 Å². The molecule has 1 saturated heterocycles. The fourth-order valence-corrected chi connectivity index (χ4v) is 4.23. The van der Waals surface area contributed by atoms with Crippen molar-refractivity contribution in [2.75, 3.05) is 52.4 Å². The number of hydrogen-bond acceptors (Lipinski definition) is 6. The number of nitrogens with one attached hydrogen (secondary N) is 1. The summed E-state index contributed by atoms with van der Waals surface area (Å²) in [6.45, 7) is 17.9. The molecule has 0 aromatic carbocycles. The van der Waals surface area contributed by atoms with Crippen molar-refractivity contribution in [2.24, 2.45) is 0 Å². The summed E-state index contributed by atoms with van der Waals surface area (Å²) in [5.74, 6) is -0.378.